The van der Waals surface area contributed by atoms with Crippen LogP contribution in [0.5, 0.6) is 0 Å². The number of hydrogen-bond acceptors (Lipinski definition) is 2. The monoisotopic (exact) mass is 304 g/mol. The van der Waals surface area contributed by atoms with Gasteiger partial charge in [0.25, 0.3) is 0 Å². The third-order valence-corrected chi connectivity index (χ3v) is 4.02. The van der Waals surface area contributed by atoms with E-state index in [9.17, 15) is 4.79 Å². The molecule has 0 bridgehead atoms. The molecule has 0 radical (unpaired) electrons. The Bertz CT molecular complexity index is 866. The second kappa shape index (κ2) is 4.97. The molecule has 100 valence electrons. The number of hydrogen-bond donors (Lipinski definition) is 0. The predicted octanol–water partition coefficient (Wildman–Crippen LogP) is 5.08. The van der Waals surface area contributed by atoms with Gasteiger partial charge in [-0.25, -0.2) is 4.79 Å². The van der Waals surface area contributed by atoms with E-state index in [-0.39, 0.29) is 5.63 Å². The molecule has 0 aliphatic rings. The van der Waals surface area contributed by atoms with Crippen molar-refractivity contribution in [1.82, 2.24) is 0 Å². The Morgan fingerprint density at radius 1 is 1.00 bits per heavy atom. The van der Waals surface area contributed by atoms with Gasteiger partial charge in [-0.2, -0.15) is 0 Å². The summed E-state index contributed by atoms with van der Waals surface area (Å²) in [7, 11) is 0. The molecule has 20 heavy (non-hydrogen) atoms. The standard InChI is InChI=1S/C16H10Cl2O2/c1-9-11-4-2-3-5-14(11)20-16(19)15(9)10-6-7-12(17)13(18)8-10/h2-8H,1H3. The van der Waals surface area contributed by atoms with Crippen LogP contribution in [0.3, 0.4) is 0 Å². The van der Waals surface area contributed by atoms with Crippen molar-refractivity contribution in [3.63, 3.8) is 0 Å². The molecule has 2 aromatic carbocycles. The molecule has 4 heteroatoms. The van der Waals surface area contributed by atoms with Crippen LogP contribution in [0.4, 0.5) is 0 Å². The zero-order chi connectivity index (χ0) is 14.3. The van der Waals surface area contributed by atoms with Crippen LogP contribution >= 0.6 is 23.2 Å². The lowest BCUT2D eigenvalue weighted by molar-refractivity contribution is 0.562. The number of halogens is 2. The molecular weight excluding hydrogens is 295 g/mol. The molecule has 0 aliphatic heterocycles. The minimum atomic E-state index is -0.375. The van der Waals surface area contributed by atoms with Crippen molar-refractivity contribution in [3.8, 4) is 11.1 Å². The highest BCUT2D eigenvalue weighted by Gasteiger charge is 2.13. The third-order valence-electron chi connectivity index (χ3n) is 3.28. The molecule has 0 saturated heterocycles. The number of benzene rings is 2. The van der Waals surface area contributed by atoms with Crippen molar-refractivity contribution in [1.29, 1.82) is 0 Å². The van der Waals surface area contributed by atoms with Crippen molar-refractivity contribution in [2.24, 2.45) is 0 Å². The first-order valence-corrected chi connectivity index (χ1v) is 6.81. The van der Waals surface area contributed by atoms with Crippen LogP contribution in [0, 0.1) is 6.92 Å². The van der Waals surface area contributed by atoms with Crippen molar-refractivity contribution in [2.45, 2.75) is 6.92 Å². The van der Waals surface area contributed by atoms with E-state index in [1.54, 1.807) is 24.3 Å². The van der Waals surface area contributed by atoms with E-state index >= 15 is 0 Å². The first kappa shape index (κ1) is 13.2. The average molecular weight is 305 g/mol. The van der Waals surface area contributed by atoms with E-state index in [0.717, 1.165) is 10.9 Å². The number of aryl methyl sites for hydroxylation is 1. The minimum absolute atomic E-state index is 0.375. The minimum Gasteiger partial charge on any atom is -0.422 e. The topological polar surface area (TPSA) is 30.2 Å². The Kier molecular flexibility index (Phi) is 3.28. The summed E-state index contributed by atoms with van der Waals surface area (Å²) in [6.07, 6.45) is 0. The van der Waals surface area contributed by atoms with Gasteiger partial charge < -0.3 is 4.42 Å². The first-order valence-electron chi connectivity index (χ1n) is 6.06. The summed E-state index contributed by atoms with van der Waals surface area (Å²) in [6.45, 7) is 1.90. The molecule has 3 rings (SSSR count). The molecule has 1 heterocycles. The zero-order valence-corrected chi connectivity index (χ0v) is 12.1. The van der Waals surface area contributed by atoms with Crippen LogP contribution < -0.4 is 5.63 Å². The van der Waals surface area contributed by atoms with Crippen molar-refractivity contribution in [2.75, 3.05) is 0 Å². The first-order chi connectivity index (χ1) is 9.58. The van der Waals surface area contributed by atoms with Gasteiger partial charge in [-0.05, 0) is 36.2 Å². The van der Waals surface area contributed by atoms with Gasteiger partial charge >= 0.3 is 5.63 Å². The fourth-order valence-electron chi connectivity index (χ4n) is 2.29. The Labute approximate surface area is 125 Å². The maximum atomic E-state index is 12.2. The Morgan fingerprint density at radius 2 is 1.75 bits per heavy atom. The van der Waals surface area contributed by atoms with Crippen molar-refractivity contribution >= 4 is 34.2 Å². The van der Waals surface area contributed by atoms with Gasteiger partial charge in [0.05, 0.1) is 15.6 Å². The van der Waals surface area contributed by atoms with Crippen molar-refractivity contribution in [3.05, 3.63) is 68.5 Å². The Morgan fingerprint density at radius 3 is 2.50 bits per heavy atom. The second-order valence-corrected chi connectivity index (χ2v) is 5.33. The lowest BCUT2D eigenvalue weighted by atomic mass is 10.00. The van der Waals surface area contributed by atoms with Gasteiger partial charge in [0.15, 0.2) is 0 Å². The van der Waals surface area contributed by atoms with Crippen LogP contribution in [0.1, 0.15) is 5.56 Å². The van der Waals surface area contributed by atoms with E-state index in [2.05, 4.69) is 0 Å². The number of para-hydroxylation sites is 1. The molecule has 1 aromatic heterocycles. The maximum Gasteiger partial charge on any atom is 0.344 e. The van der Waals surface area contributed by atoms with Gasteiger partial charge in [0.1, 0.15) is 5.58 Å². The largest absolute Gasteiger partial charge is 0.422 e. The van der Waals surface area contributed by atoms with Crippen molar-refractivity contribution < 1.29 is 4.42 Å². The van der Waals surface area contributed by atoms with Gasteiger partial charge in [-0.15, -0.1) is 0 Å². The van der Waals surface area contributed by atoms with Crippen LogP contribution in [0.2, 0.25) is 10.0 Å². The maximum absolute atomic E-state index is 12.2. The molecule has 0 unspecified atom stereocenters. The predicted molar refractivity (Wildman–Crippen MR) is 82.7 cm³/mol. The molecule has 0 atom stereocenters. The zero-order valence-electron chi connectivity index (χ0n) is 10.6. The number of fused-ring (bicyclic) bond motifs is 1. The normalized spacial score (nSPS) is 10.9. The summed E-state index contributed by atoms with van der Waals surface area (Å²) in [6, 6.07) is 12.6. The lowest BCUT2D eigenvalue weighted by Crippen LogP contribution is -2.05. The highest BCUT2D eigenvalue weighted by molar-refractivity contribution is 6.42. The Hall–Kier alpha value is -1.77. The quantitative estimate of drug-likeness (QED) is 0.587. The highest BCUT2D eigenvalue weighted by atomic mass is 35.5. The molecule has 0 N–H and O–H groups in total. The highest BCUT2D eigenvalue weighted by Crippen LogP contribution is 2.31. The van der Waals surface area contributed by atoms with E-state index in [0.29, 0.717) is 26.8 Å². The summed E-state index contributed by atoms with van der Waals surface area (Å²) in [4.78, 5) is 12.2. The van der Waals surface area contributed by atoms with Gasteiger partial charge in [-0.3, -0.25) is 0 Å². The lowest BCUT2D eigenvalue weighted by Gasteiger charge is -2.08. The van der Waals surface area contributed by atoms with Crippen LogP contribution in [0.15, 0.2) is 51.7 Å². The molecule has 0 aliphatic carbocycles. The molecule has 0 saturated carbocycles. The molecule has 0 amide bonds. The summed E-state index contributed by atoms with van der Waals surface area (Å²) in [5.74, 6) is 0. The average Bonchev–Trinajstić information content (AvgIpc) is 2.43. The second-order valence-electron chi connectivity index (χ2n) is 4.51. The molecular formula is C16H10Cl2O2. The van der Waals surface area contributed by atoms with E-state index in [1.807, 2.05) is 25.1 Å². The van der Waals surface area contributed by atoms with Gasteiger partial charge in [0.2, 0.25) is 0 Å². The summed E-state index contributed by atoms with van der Waals surface area (Å²) < 4.78 is 5.37. The van der Waals surface area contributed by atoms with E-state index in [4.69, 9.17) is 27.6 Å². The molecule has 3 aromatic rings. The molecule has 0 fully saturated rings. The smallest absolute Gasteiger partial charge is 0.344 e. The van der Waals surface area contributed by atoms with Crippen LogP contribution in [-0.4, -0.2) is 0 Å². The van der Waals surface area contributed by atoms with Crippen LogP contribution in [-0.2, 0) is 0 Å². The summed E-state index contributed by atoms with van der Waals surface area (Å²) >= 11 is 11.9. The third kappa shape index (κ3) is 2.11. The summed E-state index contributed by atoms with van der Waals surface area (Å²) in [5.41, 5.74) is 2.30. The fourth-order valence-corrected chi connectivity index (χ4v) is 2.59. The SMILES string of the molecule is Cc1c(-c2ccc(Cl)c(Cl)c2)c(=O)oc2ccccc12. The molecule has 0 spiro atoms. The van der Waals surface area contributed by atoms with Gasteiger partial charge in [-0.1, -0.05) is 47.5 Å². The number of rotatable bonds is 1. The van der Waals surface area contributed by atoms with Gasteiger partial charge in [0, 0.05) is 5.39 Å². The van der Waals surface area contributed by atoms with E-state index in [1.165, 1.54) is 0 Å². The van der Waals surface area contributed by atoms with Crippen LogP contribution in [0.25, 0.3) is 22.1 Å². The fraction of sp³-hybridized carbons (Fsp3) is 0.0625. The Balaban J connectivity index is 2.36. The molecule has 2 nitrogen and oxygen atoms in total. The summed E-state index contributed by atoms with van der Waals surface area (Å²) in [5, 5.41) is 1.78. The van der Waals surface area contributed by atoms with E-state index < -0.39 is 0 Å².